The van der Waals surface area contributed by atoms with E-state index in [1.807, 2.05) is 25.7 Å². The molecule has 1 heterocycles. The number of piperidine rings is 1. The van der Waals surface area contributed by atoms with Gasteiger partial charge < -0.3 is 15.0 Å². The topological polar surface area (TPSA) is 41.6 Å². The van der Waals surface area contributed by atoms with Crippen LogP contribution >= 0.6 is 0 Å². The van der Waals surface area contributed by atoms with Crippen LogP contribution < -0.4 is 5.32 Å². The van der Waals surface area contributed by atoms with Gasteiger partial charge in [-0.2, -0.15) is 0 Å². The maximum Gasteiger partial charge on any atom is 0.410 e. The first-order chi connectivity index (χ1) is 11.4. The lowest BCUT2D eigenvalue weighted by atomic mass is 9.94. The number of nitrogens with zero attached hydrogens (tertiary/aromatic N) is 1. The Kier molecular flexibility index (Phi) is 7.10. The van der Waals surface area contributed by atoms with Crippen molar-refractivity contribution in [3.63, 3.8) is 0 Å². The van der Waals surface area contributed by atoms with E-state index in [1.54, 1.807) is 0 Å². The van der Waals surface area contributed by atoms with Crippen LogP contribution in [-0.4, -0.2) is 42.8 Å². The highest BCUT2D eigenvalue weighted by Crippen LogP contribution is 2.21. The molecule has 0 aliphatic carbocycles. The van der Waals surface area contributed by atoms with E-state index in [1.165, 1.54) is 12.0 Å². The highest BCUT2D eigenvalue weighted by molar-refractivity contribution is 5.68. The van der Waals surface area contributed by atoms with Crippen LogP contribution in [-0.2, 0) is 11.2 Å². The summed E-state index contributed by atoms with van der Waals surface area (Å²) >= 11 is 0. The highest BCUT2D eigenvalue weighted by atomic mass is 16.6. The molecule has 1 amide bonds. The van der Waals surface area contributed by atoms with Gasteiger partial charge in [0.15, 0.2) is 0 Å². The van der Waals surface area contributed by atoms with E-state index in [0.29, 0.717) is 5.92 Å². The number of amides is 1. The summed E-state index contributed by atoms with van der Waals surface area (Å²) in [6.07, 6.45) is 4.27. The molecule has 0 saturated carbocycles. The normalized spacial score (nSPS) is 16.2. The predicted octanol–water partition coefficient (Wildman–Crippen LogP) is 3.86. The second-order valence-corrected chi connectivity index (χ2v) is 7.69. The van der Waals surface area contributed by atoms with E-state index < -0.39 is 5.60 Å². The number of rotatable bonds is 6. The van der Waals surface area contributed by atoms with Crippen LogP contribution in [0.1, 0.15) is 45.6 Å². The summed E-state index contributed by atoms with van der Waals surface area (Å²) in [5, 5.41) is 3.54. The molecule has 1 fully saturated rings. The van der Waals surface area contributed by atoms with E-state index in [2.05, 4.69) is 35.6 Å². The molecule has 24 heavy (non-hydrogen) atoms. The third-order valence-electron chi connectivity index (χ3n) is 4.43. The van der Waals surface area contributed by atoms with Crippen LogP contribution in [0.5, 0.6) is 0 Å². The Balaban J connectivity index is 1.56. The molecule has 1 aromatic carbocycles. The maximum atomic E-state index is 12.0. The molecule has 0 spiro atoms. The van der Waals surface area contributed by atoms with Gasteiger partial charge >= 0.3 is 6.09 Å². The fourth-order valence-corrected chi connectivity index (χ4v) is 3.04. The zero-order valence-electron chi connectivity index (χ0n) is 15.4. The summed E-state index contributed by atoms with van der Waals surface area (Å²) in [5.74, 6) is 0.716. The second kappa shape index (κ2) is 9.07. The number of benzene rings is 1. The van der Waals surface area contributed by atoms with Crippen LogP contribution in [0, 0.1) is 5.92 Å². The largest absolute Gasteiger partial charge is 0.444 e. The lowest BCUT2D eigenvalue weighted by molar-refractivity contribution is 0.0181. The number of carbonyl (C=O) groups excluding carboxylic acids is 1. The molecule has 0 radical (unpaired) electrons. The quantitative estimate of drug-likeness (QED) is 0.804. The zero-order chi connectivity index (χ0) is 17.4. The standard InChI is InChI=1S/C20H32N2O2/c1-20(2,3)24-19(23)22-15-11-18(12-16-22)10-14-21-13-9-17-7-5-4-6-8-17/h4-8,18,21H,9-16H2,1-3H3. The van der Waals surface area contributed by atoms with Gasteiger partial charge in [0, 0.05) is 13.1 Å². The summed E-state index contributed by atoms with van der Waals surface area (Å²) in [7, 11) is 0. The Labute approximate surface area is 146 Å². The van der Waals surface area contributed by atoms with Crippen molar-refractivity contribution in [2.45, 2.75) is 52.1 Å². The van der Waals surface area contributed by atoms with Crippen molar-refractivity contribution in [1.82, 2.24) is 10.2 Å². The third-order valence-corrected chi connectivity index (χ3v) is 4.43. The first kappa shape index (κ1) is 18.8. The van der Waals surface area contributed by atoms with Crippen LogP contribution in [0.3, 0.4) is 0 Å². The molecule has 1 aliphatic rings. The summed E-state index contributed by atoms with van der Waals surface area (Å²) in [6.45, 7) is 9.48. The minimum Gasteiger partial charge on any atom is -0.444 e. The van der Waals surface area contributed by atoms with E-state index in [9.17, 15) is 4.79 Å². The van der Waals surface area contributed by atoms with Crippen molar-refractivity contribution in [3.05, 3.63) is 35.9 Å². The first-order valence-electron chi connectivity index (χ1n) is 9.16. The number of ether oxygens (including phenoxy) is 1. The van der Waals surface area contributed by atoms with Crippen molar-refractivity contribution >= 4 is 6.09 Å². The van der Waals surface area contributed by atoms with Crippen molar-refractivity contribution in [3.8, 4) is 0 Å². The molecule has 0 aromatic heterocycles. The predicted molar refractivity (Wildman–Crippen MR) is 98.2 cm³/mol. The monoisotopic (exact) mass is 332 g/mol. The molecule has 4 nitrogen and oxygen atoms in total. The number of nitrogens with one attached hydrogen (secondary N) is 1. The fourth-order valence-electron chi connectivity index (χ4n) is 3.04. The molecule has 0 atom stereocenters. The fraction of sp³-hybridized carbons (Fsp3) is 0.650. The van der Waals surface area contributed by atoms with Crippen molar-refractivity contribution in [2.75, 3.05) is 26.2 Å². The van der Waals surface area contributed by atoms with E-state index in [0.717, 1.165) is 45.4 Å². The molecule has 4 heteroatoms. The SMILES string of the molecule is CC(C)(C)OC(=O)N1CCC(CCNCCc2ccccc2)CC1. The number of likely N-dealkylation sites (tertiary alicyclic amines) is 1. The van der Waals surface area contributed by atoms with Gasteiger partial charge in [0.1, 0.15) is 5.60 Å². The average Bonchev–Trinajstić information content (AvgIpc) is 2.54. The summed E-state index contributed by atoms with van der Waals surface area (Å²) in [5.41, 5.74) is 0.979. The molecular formula is C20H32N2O2. The smallest absolute Gasteiger partial charge is 0.410 e. The van der Waals surface area contributed by atoms with Gasteiger partial charge in [0.25, 0.3) is 0 Å². The summed E-state index contributed by atoms with van der Waals surface area (Å²) in [4.78, 5) is 13.9. The maximum absolute atomic E-state index is 12.0. The lowest BCUT2D eigenvalue weighted by Crippen LogP contribution is -2.42. The van der Waals surface area contributed by atoms with Crippen molar-refractivity contribution in [2.24, 2.45) is 5.92 Å². The van der Waals surface area contributed by atoms with Crippen molar-refractivity contribution in [1.29, 1.82) is 0 Å². The van der Waals surface area contributed by atoms with Crippen LogP contribution in [0.4, 0.5) is 4.79 Å². The van der Waals surface area contributed by atoms with Crippen LogP contribution in [0.15, 0.2) is 30.3 Å². The van der Waals surface area contributed by atoms with Crippen LogP contribution in [0.2, 0.25) is 0 Å². The molecule has 1 N–H and O–H groups in total. The van der Waals surface area contributed by atoms with Gasteiger partial charge in [-0.05, 0) is 71.0 Å². The van der Waals surface area contributed by atoms with Gasteiger partial charge in [-0.3, -0.25) is 0 Å². The number of carbonyl (C=O) groups is 1. The Morgan fingerprint density at radius 3 is 2.46 bits per heavy atom. The van der Waals surface area contributed by atoms with Gasteiger partial charge in [-0.25, -0.2) is 4.79 Å². The molecule has 1 aromatic rings. The highest BCUT2D eigenvalue weighted by Gasteiger charge is 2.26. The molecule has 1 aliphatic heterocycles. The van der Waals surface area contributed by atoms with Gasteiger partial charge in [-0.15, -0.1) is 0 Å². The summed E-state index contributed by atoms with van der Waals surface area (Å²) < 4.78 is 5.44. The second-order valence-electron chi connectivity index (χ2n) is 7.69. The first-order valence-corrected chi connectivity index (χ1v) is 9.16. The molecule has 1 saturated heterocycles. The van der Waals surface area contributed by atoms with E-state index in [4.69, 9.17) is 4.74 Å². The van der Waals surface area contributed by atoms with Gasteiger partial charge in [0.2, 0.25) is 0 Å². The average molecular weight is 332 g/mol. The minimum atomic E-state index is -0.406. The minimum absolute atomic E-state index is 0.165. The molecule has 2 rings (SSSR count). The summed E-state index contributed by atoms with van der Waals surface area (Å²) in [6, 6.07) is 10.6. The molecule has 0 bridgehead atoms. The van der Waals surface area contributed by atoms with E-state index >= 15 is 0 Å². The Morgan fingerprint density at radius 1 is 1.17 bits per heavy atom. The molecular weight excluding hydrogens is 300 g/mol. The lowest BCUT2D eigenvalue weighted by Gasteiger charge is -2.33. The Hall–Kier alpha value is -1.55. The van der Waals surface area contributed by atoms with Crippen LogP contribution in [0.25, 0.3) is 0 Å². The van der Waals surface area contributed by atoms with Gasteiger partial charge in [0.05, 0.1) is 0 Å². The number of hydrogen-bond donors (Lipinski definition) is 1. The third kappa shape index (κ3) is 6.91. The Morgan fingerprint density at radius 2 is 1.83 bits per heavy atom. The molecule has 0 unspecified atom stereocenters. The zero-order valence-corrected chi connectivity index (χ0v) is 15.4. The van der Waals surface area contributed by atoms with Crippen molar-refractivity contribution < 1.29 is 9.53 Å². The Bertz CT molecular complexity index is 488. The molecule has 134 valence electrons. The van der Waals surface area contributed by atoms with E-state index in [-0.39, 0.29) is 6.09 Å². The number of hydrogen-bond acceptors (Lipinski definition) is 3. The van der Waals surface area contributed by atoms with Gasteiger partial charge in [-0.1, -0.05) is 30.3 Å².